The van der Waals surface area contributed by atoms with E-state index in [9.17, 15) is 0 Å². The van der Waals surface area contributed by atoms with E-state index in [1.807, 2.05) is 36.4 Å². The Morgan fingerprint density at radius 1 is 1.27 bits per heavy atom. The van der Waals surface area contributed by atoms with Gasteiger partial charge in [0.15, 0.2) is 0 Å². The Balaban J connectivity index is 1.95. The van der Waals surface area contributed by atoms with Crippen LogP contribution in [0.5, 0.6) is 0 Å². The Kier molecular flexibility index (Phi) is 3.14. The number of nitrogens with zero attached hydrogens (tertiary/aromatic N) is 4. The highest BCUT2D eigenvalue weighted by Crippen LogP contribution is 1.98. The van der Waals surface area contributed by atoms with Crippen LogP contribution in [-0.4, -0.2) is 26.4 Å². The van der Waals surface area contributed by atoms with Crippen LogP contribution in [0.4, 0.5) is 0 Å². The predicted octanol–water partition coefficient (Wildman–Crippen LogP) is 0.499. The van der Waals surface area contributed by atoms with Gasteiger partial charge in [0.1, 0.15) is 5.82 Å². The molecule has 0 amide bonds. The number of nitrogens with one attached hydrogen (secondary N) is 1. The molecule has 0 spiro atoms. The first-order valence-corrected chi connectivity index (χ1v) is 5.02. The summed E-state index contributed by atoms with van der Waals surface area (Å²) in [6.07, 6.45) is 7.59. The summed E-state index contributed by atoms with van der Waals surface area (Å²) in [6.45, 7) is 2.57. The molecule has 0 aliphatic heterocycles. The first-order chi connectivity index (χ1) is 7.40. The fraction of sp³-hybridized carbons (Fsp3) is 0.400. The molecule has 0 bridgehead atoms. The van der Waals surface area contributed by atoms with Gasteiger partial charge in [0.2, 0.25) is 0 Å². The van der Waals surface area contributed by atoms with Crippen LogP contribution in [0.2, 0.25) is 0 Å². The first-order valence-electron chi connectivity index (χ1n) is 5.02. The van der Waals surface area contributed by atoms with E-state index in [0.29, 0.717) is 0 Å². The molecule has 0 aromatic carbocycles. The van der Waals surface area contributed by atoms with Gasteiger partial charge >= 0.3 is 0 Å². The molecule has 0 aliphatic rings. The molecular formula is C10H15N5. The molecule has 5 heteroatoms. The maximum atomic E-state index is 4.28. The highest BCUT2D eigenvalue weighted by Gasteiger charge is 2.00. The van der Waals surface area contributed by atoms with E-state index in [0.717, 1.165) is 25.5 Å². The minimum atomic E-state index is 0.798. The van der Waals surface area contributed by atoms with Crippen LogP contribution in [0, 0.1) is 0 Å². The third-order valence-electron chi connectivity index (χ3n) is 2.27. The molecule has 2 rings (SSSR count). The smallest absolute Gasteiger partial charge is 0.122 e. The SMILES string of the molecule is CNCc1nccn1CCn1cccn1. The van der Waals surface area contributed by atoms with E-state index in [2.05, 4.69) is 20.0 Å². The molecule has 0 atom stereocenters. The molecule has 5 nitrogen and oxygen atoms in total. The Hall–Kier alpha value is -1.62. The zero-order valence-corrected chi connectivity index (χ0v) is 8.80. The molecule has 0 aliphatic carbocycles. The van der Waals surface area contributed by atoms with Gasteiger partial charge in [0, 0.05) is 31.3 Å². The summed E-state index contributed by atoms with van der Waals surface area (Å²) in [7, 11) is 1.92. The van der Waals surface area contributed by atoms with Crippen molar-refractivity contribution in [1.29, 1.82) is 0 Å². The topological polar surface area (TPSA) is 47.7 Å². The molecule has 0 radical (unpaired) electrons. The van der Waals surface area contributed by atoms with E-state index in [4.69, 9.17) is 0 Å². The first kappa shape index (κ1) is 9.92. The predicted molar refractivity (Wildman–Crippen MR) is 57.2 cm³/mol. The zero-order valence-electron chi connectivity index (χ0n) is 8.80. The number of aromatic nitrogens is 4. The second-order valence-corrected chi connectivity index (χ2v) is 3.34. The van der Waals surface area contributed by atoms with Crippen molar-refractivity contribution >= 4 is 0 Å². The summed E-state index contributed by atoms with van der Waals surface area (Å²) in [4.78, 5) is 4.28. The lowest BCUT2D eigenvalue weighted by Crippen LogP contribution is -2.14. The number of hydrogen-bond donors (Lipinski definition) is 1. The van der Waals surface area contributed by atoms with Crippen LogP contribution >= 0.6 is 0 Å². The van der Waals surface area contributed by atoms with Gasteiger partial charge in [0.25, 0.3) is 0 Å². The monoisotopic (exact) mass is 205 g/mol. The fourth-order valence-electron chi connectivity index (χ4n) is 1.51. The number of imidazole rings is 1. The summed E-state index contributed by atoms with van der Waals surface area (Å²) in [5.41, 5.74) is 0. The molecule has 2 aromatic rings. The van der Waals surface area contributed by atoms with E-state index < -0.39 is 0 Å². The van der Waals surface area contributed by atoms with Gasteiger partial charge < -0.3 is 9.88 Å². The average Bonchev–Trinajstić information content (AvgIpc) is 2.85. The van der Waals surface area contributed by atoms with Crippen LogP contribution in [0.25, 0.3) is 0 Å². The van der Waals surface area contributed by atoms with Gasteiger partial charge in [-0.2, -0.15) is 5.10 Å². The van der Waals surface area contributed by atoms with Crippen molar-refractivity contribution in [3.05, 3.63) is 36.7 Å². The average molecular weight is 205 g/mol. The number of rotatable bonds is 5. The van der Waals surface area contributed by atoms with Gasteiger partial charge in [-0.25, -0.2) is 4.98 Å². The summed E-state index contributed by atoms with van der Waals surface area (Å²) in [6, 6.07) is 1.93. The lowest BCUT2D eigenvalue weighted by molar-refractivity contribution is 0.515. The van der Waals surface area contributed by atoms with Gasteiger partial charge in [0.05, 0.1) is 13.1 Å². The van der Waals surface area contributed by atoms with Crippen LogP contribution in [0.3, 0.4) is 0 Å². The quantitative estimate of drug-likeness (QED) is 0.773. The molecule has 0 fully saturated rings. The standard InChI is InChI=1S/C10H15N5/c1-11-9-10-12-4-6-14(10)7-8-15-5-2-3-13-15/h2-6,11H,7-9H2,1H3. The maximum Gasteiger partial charge on any atom is 0.122 e. The molecular weight excluding hydrogens is 190 g/mol. The van der Waals surface area contributed by atoms with Gasteiger partial charge in [-0.15, -0.1) is 0 Å². The van der Waals surface area contributed by atoms with Crippen LogP contribution in [-0.2, 0) is 19.6 Å². The van der Waals surface area contributed by atoms with E-state index >= 15 is 0 Å². The van der Waals surface area contributed by atoms with Crippen molar-refractivity contribution in [2.45, 2.75) is 19.6 Å². The van der Waals surface area contributed by atoms with Crippen molar-refractivity contribution in [2.75, 3.05) is 7.05 Å². The minimum Gasteiger partial charge on any atom is -0.332 e. The lowest BCUT2D eigenvalue weighted by atomic mass is 10.5. The summed E-state index contributed by atoms with van der Waals surface area (Å²) < 4.78 is 4.06. The van der Waals surface area contributed by atoms with E-state index in [1.54, 1.807) is 6.20 Å². The van der Waals surface area contributed by atoms with E-state index in [1.165, 1.54) is 0 Å². The third kappa shape index (κ3) is 2.44. The largest absolute Gasteiger partial charge is 0.332 e. The normalized spacial score (nSPS) is 10.7. The molecule has 0 unspecified atom stereocenters. The molecule has 0 saturated heterocycles. The Morgan fingerprint density at radius 3 is 2.93 bits per heavy atom. The minimum absolute atomic E-state index is 0.798. The van der Waals surface area contributed by atoms with Crippen molar-refractivity contribution in [3.8, 4) is 0 Å². The molecule has 1 N–H and O–H groups in total. The van der Waals surface area contributed by atoms with Crippen molar-refractivity contribution in [2.24, 2.45) is 0 Å². The Labute approximate surface area is 88.7 Å². The summed E-state index contributed by atoms with van der Waals surface area (Å²) >= 11 is 0. The second kappa shape index (κ2) is 4.75. The van der Waals surface area contributed by atoms with Crippen LogP contribution in [0.1, 0.15) is 5.82 Å². The van der Waals surface area contributed by atoms with Gasteiger partial charge in [-0.3, -0.25) is 4.68 Å². The van der Waals surface area contributed by atoms with Crippen LogP contribution < -0.4 is 5.32 Å². The van der Waals surface area contributed by atoms with Crippen molar-refractivity contribution in [1.82, 2.24) is 24.6 Å². The molecule has 15 heavy (non-hydrogen) atoms. The van der Waals surface area contributed by atoms with Crippen molar-refractivity contribution < 1.29 is 0 Å². The summed E-state index contributed by atoms with van der Waals surface area (Å²) in [5, 5.41) is 7.26. The molecule has 0 saturated carbocycles. The maximum absolute atomic E-state index is 4.28. The number of hydrogen-bond acceptors (Lipinski definition) is 3. The second-order valence-electron chi connectivity index (χ2n) is 3.34. The molecule has 80 valence electrons. The third-order valence-corrected chi connectivity index (χ3v) is 2.27. The molecule has 2 aromatic heterocycles. The Morgan fingerprint density at radius 2 is 2.20 bits per heavy atom. The van der Waals surface area contributed by atoms with E-state index in [-0.39, 0.29) is 0 Å². The van der Waals surface area contributed by atoms with Crippen molar-refractivity contribution in [3.63, 3.8) is 0 Å². The number of aryl methyl sites for hydroxylation is 2. The molecule has 2 heterocycles. The summed E-state index contributed by atoms with van der Waals surface area (Å²) in [5.74, 6) is 1.06. The lowest BCUT2D eigenvalue weighted by Gasteiger charge is -2.07. The van der Waals surface area contributed by atoms with Crippen LogP contribution in [0.15, 0.2) is 30.9 Å². The highest BCUT2D eigenvalue weighted by molar-refractivity contribution is 4.91. The highest BCUT2D eigenvalue weighted by atomic mass is 15.3. The fourth-order valence-corrected chi connectivity index (χ4v) is 1.51. The Bertz CT molecular complexity index is 390. The van der Waals surface area contributed by atoms with Gasteiger partial charge in [-0.1, -0.05) is 0 Å². The van der Waals surface area contributed by atoms with Gasteiger partial charge in [-0.05, 0) is 13.1 Å². The zero-order chi connectivity index (χ0) is 10.5.